The number of benzene rings is 1. The molecule has 1 heterocycles. The summed E-state index contributed by atoms with van der Waals surface area (Å²) in [6.07, 6.45) is -1.93. The molecule has 3 rings (SSSR count). The highest BCUT2D eigenvalue weighted by molar-refractivity contribution is 5.61. The van der Waals surface area contributed by atoms with Crippen LogP contribution in [-0.4, -0.2) is 17.1 Å². The van der Waals surface area contributed by atoms with E-state index in [0.717, 1.165) is 30.5 Å². The summed E-state index contributed by atoms with van der Waals surface area (Å²) in [5.41, 5.74) is 1.61. The average molecular weight is 397 g/mol. The Morgan fingerprint density at radius 3 is 2.07 bits per heavy atom. The minimum absolute atomic E-state index is 0.0798. The molecule has 0 amide bonds. The smallest absolute Gasteiger partial charge is 0.256 e. The summed E-state index contributed by atoms with van der Waals surface area (Å²) in [6, 6.07) is 8.14. The molecule has 0 radical (unpaired) electrons. The van der Waals surface area contributed by atoms with Gasteiger partial charge in [0.05, 0.1) is 11.1 Å². The lowest BCUT2D eigenvalue weighted by Crippen LogP contribution is -2.36. The predicted octanol–water partition coefficient (Wildman–Crippen LogP) is 7.19. The second kappa shape index (κ2) is 7.12. The zero-order chi connectivity index (χ0) is 20.7. The van der Waals surface area contributed by atoms with E-state index >= 15 is 0 Å². The molecule has 0 unspecified atom stereocenters. The van der Waals surface area contributed by atoms with E-state index in [2.05, 4.69) is 4.98 Å². The van der Waals surface area contributed by atoms with Crippen molar-refractivity contribution in [2.24, 2.45) is 0 Å². The predicted molar refractivity (Wildman–Crippen MR) is 99.6 cm³/mol. The van der Waals surface area contributed by atoms with Crippen molar-refractivity contribution in [1.29, 1.82) is 0 Å². The lowest BCUT2D eigenvalue weighted by Gasteiger charge is -2.29. The highest BCUT2D eigenvalue weighted by Gasteiger charge is 2.48. The van der Waals surface area contributed by atoms with Crippen LogP contribution < -0.4 is 0 Å². The molecule has 0 saturated heterocycles. The van der Waals surface area contributed by atoms with Gasteiger partial charge < -0.3 is 0 Å². The van der Waals surface area contributed by atoms with Gasteiger partial charge in [0.15, 0.2) is 0 Å². The Morgan fingerprint density at radius 2 is 1.57 bits per heavy atom. The first-order chi connectivity index (χ1) is 12.9. The molecule has 152 valence electrons. The molecule has 0 N–H and O–H groups in total. The molecule has 6 heteroatoms. The van der Waals surface area contributed by atoms with E-state index in [-0.39, 0.29) is 24.3 Å². The number of aromatic nitrogens is 1. The summed E-state index contributed by atoms with van der Waals surface area (Å²) in [4.78, 5) is 4.45. The van der Waals surface area contributed by atoms with Crippen molar-refractivity contribution in [2.45, 2.75) is 69.9 Å². The van der Waals surface area contributed by atoms with Crippen molar-refractivity contribution >= 4 is 0 Å². The molecule has 1 aromatic heterocycles. The van der Waals surface area contributed by atoms with Gasteiger partial charge >= 0.3 is 6.18 Å². The van der Waals surface area contributed by atoms with Crippen molar-refractivity contribution in [3.63, 3.8) is 0 Å². The molecule has 0 bridgehead atoms. The summed E-state index contributed by atoms with van der Waals surface area (Å²) in [5.74, 6) is -2.49. The molecule has 0 spiro atoms. The van der Waals surface area contributed by atoms with Gasteiger partial charge in [-0.15, -0.1) is 0 Å². The highest BCUT2D eigenvalue weighted by Crippen LogP contribution is 2.42. The standard InChI is InChI=1S/C22H24F5N/c1-14-12-19(28-13-18(14)15-8-10-21(23,24)11-9-15)16-4-6-17(7-5-16)20(2,3)22(25,26)27/h4-7,12-13,15H,8-11H2,1-3H3. The second-order valence-electron chi connectivity index (χ2n) is 8.26. The molecule has 1 aliphatic rings. The van der Waals surface area contributed by atoms with E-state index in [1.807, 2.05) is 13.0 Å². The maximum Gasteiger partial charge on any atom is 0.397 e. The summed E-state index contributed by atoms with van der Waals surface area (Å²) in [7, 11) is 0. The summed E-state index contributed by atoms with van der Waals surface area (Å²) >= 11 is 0. The van der Waals surface area contributed by atoms with Crippen LogP contribution in [0.15, 0.2) is 36.5 Å². The van der Waals surface area contributed by atoms with Gasteiger partial charge in [0, 0.05) is 24.6 Å². The number of nitrogens with zero attached hydrogens (tertiary/aromatic N) is 1. The third-order valence-corrected chi connectivity index (χ3v) is 5.92. The van der Waals surface area contributed by atoms with Crippen molar-refractivity contribution in [2.75, 3.05) is 0 Å². The molecular weight excluding hydrogens is 373 g/mol. The SMILES string of the molecule is Cc1cc(-c2ccc(C(C)(C)C(F)(F)F)cc2)ncc1C1CCC(F)(F)CC1. The van der Waals surface area contributed by atoms with Crippen LogP contribution in [0.25, 0.3) is 11.3 Å². The van der Waals surface area contributed by atoms with E-state index in [9.17, 15) is 22.0 Å². The zero-order valence-corrected chi connectivity index (χ0v) is 16.2. The Bertz CT molecular complexity index is 827. The molecule has 0 aliphatic heterocycles. The molecule has 1 aliphatic carbocycles. The van der Waals surface area contributed by atoms with Gasteiger partial charge in [0.2, 0.25) is 5.92 Å². The first-order valence-corrected chi connectivity index (χ1v) is 9.43. The van der Waals surface area contributed by atoms with Crippen molar-refractivity contribution < 1.29 is 22.0 Å². The normalized spacial score (nSPS) is 18.3. The molecule has 1 saturated carbocycles. The minimum Gasteiger partial charge on any atom is -0.256 e. The maximum atomic E-state index is 13.4. The Balaban J connectivity index is 1.81. The van der Waals surface area contributed by atoms with E-state index < -0.39 is 17.5 Å². The van der Waals surface area contributed by atoms with Crippen LogP contribution in [0.3, 0.4) is 0 Å². The van der Waals surface area contributed by atoms with Crippen molar-refractivity contribution in [1.82, 2.24) is 4.98 Å². The van der Waals surface area contributed by atoms with Crippen LogP contribution in [0.1, 0.15) is 62.1 Å². The van der Waals surface area contributed by atoms with Crippen molar-refractivity contribution in [3.8, 4) is 11.3 Å². The van der Waals surface area contributed by atoms with Gasteiger partial charge in [0.1, 0.15) is 0 Å². The van der Waals surface area contributed by atoms with Crippen LogP contribution in [0, 0.1) is 6.92 Å². The van der Waals surface area contributed by atoms with Crippen LogP contribution in [0.2, 0.25) is 0 Å². The lowest BCUT2D eigenvalue weighted by atomic mass is 9.81. The van der Waals surface area contributed by atoms with Gasteiger partial charge in [-0.05, 0) is 62.3 Å². The number of pyridine rings is 1. The van der Waals surface area contributed by atoms with Gasteiger partial charge in [-0.3, -0.25) is 4.98 Å². The second-order valence-corrected chi connectivity index (χ2v) is 8.26. The Labute approximate surface area is 162 Å². The topological polar surface area (TPSA) is 12.9 Å². The Hall–Kier alpha value is -1.98. The van der Waals surface area contributed by atoms with E-state index in [4.69, 9.17) is 0 Å². The van der Waals surface area contributed by atoms with Crippen LogP contribution in [-0.2, 0) is 5.41 Å². The summed E-state index contributed by atoms with van der Waals surface area (Å²) in [5, 5.41) is 0. The molecular formula is C22H24F5N. The van der Waals surface area contributed by atoms with E-state index in [1.54, 1.807) is 18.3 Å². The maximum absolute atomic E-state index is 13.4. The zero-order valence-electron chi connectivity index (χ0n) is 16.2. The Kier molecular flexibility index (Phi) is 5.28. The molecule has 1 aromatic carbocycles. The number of rotatable bonds is 3. The Morgan fingerprint density at radius 1 is 1.00 bits per heavy atom. The largest absolute Gasteiger partial charge is 0.397 e. The molecule has 1 nitrogen and oxygen atoms in total. The lowest BCUT2D eigenvalue weighted by molar-refractivity contribution is -0.180. The fraction of sp³-hybridized carbons (Fsp3) is 0.500. The van der Waals surface area contributed by atoms with Crippen LogP contribution in [0.4, 0.5) is 22.0 Å². The number of alkyl halides is 5. The summed E-state index contributed by atoms with van der Waals surface area (Å²) < 4.78 is 66.4. The third kappa shape index (κ3) is 4.06. The van der Waals surface area contributed by atoms with E-state index in [1.165, 1.54) is 12.1 Å². The molecule has 2 aromatic rings. The van der Waals surface area contributed by atoms with Gasteiger partial charge in [-0.25, -0.2) is 8.78 Å². The first kappa shape index (κ1) is 20.7. The molecule has 28 heavy (non-hydrogen) atoms. The number of halogens is 5. The molecule has 1 fully saturated rings. The molecule has 0 atom stereocenters. The average Bonchev–Trinajstić information content (AvgIpc) is 2.61. The van der Waals surface area contributed by atoms with Gasteiger partial charge in [0.25, 0.3) is 0 Å². The minimum atomic E-state index is -4.33. The first-order valence-electron chi connectivity index (χ1n) is 9.43. The number of hydrogen-bond acceptors (Lipinski definition) is 1. The fourth-order valence-electron chi connectivity index (χ4n) is 3.72. The monoisotopic (exact) mass is 397 g/mol. The van der Waals surface area contributed by atoms with E-state index in [0.29, 0.717) is 18.5 Å². The van der Waals surface area contributed by atoms with Crippen LogP contribution in [0.5, 0.6) is 0 Å². The van der Waals surface area contributed by atoms with Gasteiger partial charge in [-0.1, -0.05) is 24.3 Å². The van der Waals surface area contributed by atoms with Crippen molar-refractivity contribution in [3.05, 3.63) is 53.2 Å². The number of aryl methyl sites for hydroxylation is 1. The number of hydrogen-bond donors (Lipinski definition) is 0. The highest BCUT2D eigenvalue weighted by atomic mass is 19.4. The summed E-state index contributed by atoms with van der Waals surface area (Å²) in [6.45, 7) is 4.24. The third-order valence-electron chi connectivity index (χ3n) is 5.92. The van der Waals surface area contributed by atoms with Crippen LogP contribution >= 0.6 is 0 Å². The van der Waals surface area contributed by atoms with Gasteiger partial charge in [-0.2, -0.15) is 13.2 Å². The quantitative estimate of drug-likeness (QED) is 0.500. The fourth-order valence-corrected chi connectivity index (χ4v) is 3.72.